The Kier molecular flexibility index (Phi) is 5.16. The zero-order valence-electron chi connectivity index (χ0n) is 11.5. The molecule has 0 saturated heterocycles. The maximum Gasteiger partial charge on any atom is 0.338 e. The van der Waals surface area contributed by atoms with Crippen LogP contribution in [0.15, 0.2) is 30.3 Å². The zero-order chi connectivity index (χ0) is 14.4. The SMILES string of the molecule is O=C(O)CC(OC(=O)c1ccccc1)C1CCCCC1. The molecule has 1 N–H and O–H groups in total. The number of hydrogen-bond donors (Lipinski definition) is 1. The average Bonchev–Trinajstić information content (AvgIpc) is 2.48. The van der Waals surface area contributed by atoms with Crippen molar-refractivity contribution in [1.29, 1.82) is 0 Å². The molecular weight excluding hydrogens is 256 g/mol. The molecule has 1 aromatic rings. The molecule has 1 atom stereocenters. The highest BCUT2D eigenvalue weighted by atomic mass is 16.5. The van der Waals surface area contributed by atoms with E-state index in [0.29, 0.717) is 5.56 Å². The summed E-state index contributed by atoms with van der Waals surface area (Å²) in [7, 11) is 0. The van der Waals surface area contributed by atoms with Gasteiger partial charge in [-0.05, 0) is 30.9 Å². The van der Waals surface area contributed by atoms with Crippen LogP contribution in [0.4, 0.5) is 0 Å². The molecule has 1 saturated carbocycles. The van der Waals surface area contributed by atoms with E-state index in [1.165, 1.54) is 6.42 Å². The number of esters is 1. The van der Waals surface area contributed by atoms with Crippen molar-refractivity contribution in [3.05, 3.63) is 35.9 Å². The van der Waals surface area contributed by atoms with Gasteiger partial charge in [0, 0.05) is 0 Å². The van der Waals surface area contributed by atoms with Gasteiger partial charge in [0.05, 0.1) is 12.0 Å². The van der Waals surface area contributed by atoms with Crippen LogP contribution in [-0.2, 0) is 9.53 Å². The Balaban J connectivity index is 2.03. The zero-order valence-corrected chi connectivity index (χ0v) is 11.5. The van der Waals surface area contributed by atoms with Crippen molar-refractivity contribution in [3.63, 3.8) is 0 Å². The molecule has 20 heavy (non-hydrogen) atoms. The van der Waals surface area contributed by atoms with Gasteiger partial charge in [-0.2, -0.15) is 0 Å². The molecule has 1 aromatic carbocycles. The fourth-order valence-electron chi connectivity index (χ4n) is 2.76. The Morgan fingerprint density at radius 1 is 1.15 bits per heavy atom. The fourth-order valence-corrected chi connectivity index (χ4v) is 2.76. The van der Waals surface area contributed by atoms with Gasteiger partial charge in [-0.25, -0.2) is 4.79 Å². The molecule has 4 heteroatoms. The molecular formula is C16H20O4. The van der Waals surface area contributed by atoms with Gasteiger partial charge in [0.15, 0.2) is 0 Å². The lowest BCUT2D eigenvalue weighted by molar-refractivity contribution is -0.140. The quantitative estimate of drug-likeness (QED) is 0.838. The van der Waals surface area contributed by atoms with Gasteiger partial charge in [-0.15, -0.1) is 0 Å². The molecule has 0 spiro atoms. The minimum Gasteiger partial charge on any atom is -0.481 e. The van der Waals surface area contributed by atoms with E-state index in [1.54, 1.807) is 24.3 Å². The van der Waals surface area contributed by atoms with Gasteiger partial charge in [-0.3, -0.25) is 4.79 Å². The molecule has 1 unspecified atom stereocenters. The molecule has 0 radical (unpaired) electrons. The number of carboxylic acid groups (broad SMARTS) is 1. The normalized spacial score (nSPS) is 17.4. The number of benzene rings is 1. The van der Waals surface area contributed by atoms with Gasteiger partial charge in [0.2, 0.25) is 0 Å². The van der Waals surface area contributed by atoms with Gasteiger partial charge in [0.1, 0.15) is 6.10 Å². The molecule has 0 aromatic heterocycles. The van der Waals surface area contributed by atoms with Gasteiger partial charge in [-0.1, -0.05) is 37.5 Å². The van der Waals surface area contributed by atoms with E-state index in [1.807, 2.05) is 6.07 Å². The lowest BCUT2D eigenvalue weighted by atomic mass is 9.84. The number of carbonyl (C=O) groups is 2. The maximum absolute atomic E-state index is 12.1. The van der Waals surface area contributed by atoms with Gasteiger partial charge < -0.3 is 9.84 Å². The van der Waals surface area contributed by atoms with Crippen LogP contribution in [-0.4, -0.2) is 23.1 Å². The predicted molar refractivity (Wildman–Crippen MR) is 74.5 cm³/mol. The molecule has 1 aliphatic rings. The van der Waals surface area contributed by atoms with Gasteiger partial charge in [0.25, 0.3) is 0 Å². The van der Waals surface area contributed by atoms with Crippen molar-refractivity contribution in [2.75, 3.05) is 0 Å². The van der Waals surface area contributed by atoms with Crippen LogP contribution in [0.3, 0.4) is 0 Å². The third-order valence-electron chi connectivity index (χ3n) is 3.82. The molecule has 0 heterocycles. The molecule has 1 fully saturated rings. The van der Waals surface area contributed by atoms with Gasteiger partial charge >= 0.3 is 11.9 Å². The van der Waals surface area contributed by atoms with E-state index < -0.39 is 18.0 Å². The summed E-state index contributed by atoms with van der Waals surface area (Å²) >= 11 is 0. The standard InChI is InChI=1S/C16H20O4/c17-15(18)11-14(12-7-3-1-4-8-12)20-16(19)13-9-5-2-6-10-13/h2,5-6,9-10,12,14H,1,3-4,7-8,11H2,(H,17,18). The maximum atomic E-state index is 12.1. The Labute approximate surface area is 118 Å². The first-order chi connectivity index (χ1) is 9.66. The molecule has 108 valence electrons. The lowest BCUT2D eigenvalue weighted by Crippen LogP contribution is -2.31. The van der Waals surface area contributed by atoms with Crippen LogP contribution in [0, 0.1) is 5.92 Å². The fraction of sp³-hybridized carbons (Fsp3) is 0.500. The Bertz CT molecular complexity index is 449. The highest BCUT2D eigenvalue weighted by Crippen LogP contribution is 2.30. The van der Waals surface area contributed by atoms with Crippen molar-refractivity contribution >= 4 is 11.9 Å². The number of aliphatic carboxylic acids is 1. The highest BCUT2D eigenvalue weighted by molar-refractivity contribution is 5.89. The summed E-state index contributed by atoms with van der Waals surface area (Å²) in [6.07, 6.45) is 4.63. The molecule has 1 aliphatic carbocycles. The van der Waals surface area contributed by atoms with Crippen LogP contribution in [0.1, 0.15) is 48.9 Å². The highest BCUT2D eigenvalue weighted by Gasteiger charge is 2.29. The molecule has 0 aliphatic heterocycles. The number of ether oxygens (including phenoxy) is 1. The first-order valence-electron chi connectivity index (χ1n) is 7.14. The minimum atomic E-state index is -0.915. The van der Waals surface area contributed by atoms with Crippen LogP contribution < -0.4 is 0 Å². The third kappa shape index (κ3) is 4.08. The largest absolute Gasteiger partial charge is 0.481 e. The van der Waals surface area contributed by atoms with E-state index in [4.69, 9.17) is 9.84 Å². The lowest BCUT2D eigenvalue weighted by Gasteiger charge is -2.29. The van der Waals surface area contributed by atoms with Crippen LogP contribution in [0.2, 0.25) is 0 Å². The average molecular weight is 276 g/mol. The van der Waals surface area contributed by atoms with Crippen molar-refractivity contribution < 1.29 is 19.4 Å². The summed E-state index contributed by atoms with van der Waals surface area (Å²) < 4.78 is 5.47. The van der Waals surface area contributed by atoms with Crippen molar-refractivity contribution in [2.24, 2.45) is 5.92 Å². The van der Waals surface area contributed by atoms with E-state index in [2.05, 4.69) is 0 Å². The van der Waals surface area contributed by atoms with Crippen LogP contribution in [0.25, 0.3) is 0 Å². The predicted octanol–water partition coefficient (Wildman–Crippen LogP) is 3.27. The molecule has 4 nitrogen and oxygen atoms in total. The topological polar surface area (TPSA) is 63.6 Å². The minimum absolute atomic E-state index is 0.108. The summed E-state index contributed by atoms with van der Waals surface area (Å²) in [6.45, 7) is 0. The molecule has 0 amide bonds. The summed E-state index contributed by atoms with van der Waals surface area (Å²) in [5, 5.41) is 9.01. The number of hydrogen-bond acceptors (Lipinski definition) is 3. The second kappa shape index (κ2) is 7.08. The summed E-state index contributed by atoms with van der Waals surface area (Å²) in [6, 6.07) is 8.72. The van der Waals surface area contributed by atoms with Crippen LogP contribution >= 0.6 is 0 Å². The number of rotatable bonds is 5. The van der Waals surface area contributed by atoms with E-state index in [9.17, 15) is 9.59 Å². The Morgan fingerprint density at radius 2 is 1.80 bits per heavy atom. The Hall–Kier alpha value is -1.84. The van der Waals surface area contributed by atoms with E-state index in [-0.39, 0.29) is 12.3 Å². The molecule has 0 bridgehead atoms. The van der Waals surface area contributed by atoms with Crippen molar-refractivity contribution in [1.82, 2.24) is 0 Å². The summed E-state index contributed by atoms with van der Waals surface area (Å²) in [5.74, 6) is -1.17. The number of carbonyl (C=O) groups excluding carboxylic acids is 1. The van der Waals surface area contributed by atoms with Crippen molar-refractivity contribution in [2.45, 2.75) is 44.6 Å². The Morgan fingerprint density at radius 3 is 2.40 bits per heavy atom. The third-order valence-corrected chi connectivity index (χ3v) is 3.82. The summed E-state index contributed by atoms with van der Waals surface area (Å²) in [4.78, 5) is 23.0. The first kappa shape index (κ1) is 14.6. The number of carboxylic acids is 1. The smallest absolute Gasteiger partial charge is 0.338 e. The van der Waals surface area contributed by atoms with E-state index >= 15 is 0 Å². The summed E-state index contributed by atoms with van der Waals surface area (Å²) in [5.41, 5.74) is 0.471. The second-order valence-corrected chi connectivity index (χ2v) is 5.31. The van der Waals surface area contributed by atoms with Crippen LogP contribution in [0.5, 0.6) is 0 Å². The monoisotopic (exact) mass is 276 g/mol. The van der Waals surface area contributed by atoms with E-state index in [0.717, 1.165) is 25.7 Å². The van der Waals surface area contributed by atoms with Crippen molar-refractivity contribution in [3.8, 4) is 0 Å². The second-order valence-electron chi connectivity index (χ2n) is 5.31. The molecule has 2 rings (SSSR count). The first-order valence-corrected chi connectivity index (χ1v) is 7.14.